The summed E-state index contributed by atoms with van der Waals surface area (Å²) in [6.07, 6.45) is 4.56. The van der Waals surface area contributed by atoms with Gasteiger partial charge in [0, 0.05) is 17.8 Å². The highest BCUT2D eigenvalue weighted by molar-refractivity contribution is 5.79. The molecule has 1 aromatic heterocycles. The Bertz CT molecular complexity index is 454. The molecule has 2 aromatic rings. The van der Waals surface area contributed by atoms with Crippen molar-refractivity contribution in [2.24, 2.45) is 11.7 Å². The lowest BCUT2D eigenvalue weighted by molar-refractivity contribution is 0.634. The average molecular weight is 186 g/mol. The van der Waals surface area contributed by atoms with Gasteiger partial charge in [-0.3, -0.25) is 0 Å². The Morgan fingerprint density at radius 1 is 1.29 bits per heavy atom. The maximum Gasteiger partial charge on any atom is 0.0457 e. The summed E-state index contributed by atoms with van der Waals surface area (Å²) in [4.78, 5) is 3.22. The number of benzene rings is 1. The van der Waals surface area contributed by atoms with E-state index >= 15 is 0 Å². The monoisotopic (exact) mass is 186 g/mol. The molecule has 1 aliphatic carbocycles. The normalized spacial score (nSPS) is 18.6. The Morgan fingerprint density at radius 2 is 2.14 bits per heavy atom. The molecule has 0 aliphatic heterocycles. The van der Waals surface area contributed by atoms with E-state index in [1.165, 1.54) is 29.3 Å². The van der Waals surface area contributed by atoms with Crippen LogP contribution in [-0.2, 0) is 0 Å². The minimum absolute atomic E-state index is 0.239. The number of H-pyrrole nitrogens is 1. The average Bonchev–Trinajstić information content (AvgIpc) is 2.95. The van der Waals surface area contributed by atoms with E-state index in [-0.39, 0.29) is 6.04 Å². The number of hydrogen-bond acceptors (Lipinski definition) is 1. The van der Waals surface area contributed by atoms with Crippen LogP contribution in [0.25, 0.3) is 10.9 Å². The Kier molecular flexibility index (Phi) is 1.64. The van der Waals surface area contributed by atoms with Crippen LogP contribution in [0.1, 0.15) is 24.4 Å². The van der Waals surface area contributed by atoms with Crippen molar-refractivity contribution >= 4 is 10.9 Å². The molecule has 1 atom stereocenters. The summed E-state index contributed by atoms with van der Waals surface area (Å²) in [5.41, 5.74) is 8.61. The van der Waals surface area contributed by atoms with Gasteiger partial charge < -0.3 is 10.7 Å². The molecule has 1 heterocycles. The molecule has 0 saturated heterocycles. The highest BCUT2D eigenvalue weighted by Gasteiger charge is 2.29. The Morgan fingerprint density at radius 3 is 2.93 bits per heavy atom. The first-order valence-corrected chi connectivity index (χ1v) is 5.17. The molecule has 0 amide bonds. The molecular weight excluding hydrogens is 172 g/mol. The molecule has 3 rings (SSSR count). The third-order valence-corrected chi connectivity index (χ3v) is 3.09. The van der Waals surface area contributed by atoms with Crippen LogP contribution >= 0.6 is 0 Å². The van der Waals surface area contributed by atoms with Gasteiger partial charge in [-0.1, -0.05) is 12.1 Å². The SMILES string of the molecule is N[C@@H](c1ccc2cc[nH]c2c1)C1CC1. The standard InChI is InChI=1S/C12H14N2/c13-12(9-2-3-9)10-4-1-8-5-6-14-11(8)7-10/h1,4-7,9,12,14H,2-3,13H2/t12-/m1/s1. The van der Waals surface area contributed by atoms with Crippen LogP contribution in [0.5, 0.6) is 0 Å². The van der Waals surface area contributed by atoms with Gasteiger partial charge in [-0.15, -0.1) is 0 Å². The first kappa shape index (κ1) is 8.06. The molecule has 3 N–H and O–H groups in total. The summed E-state index contributed by atoms with van der Waals surface area (Å²) in [6, 6.07) is 8.80. The van der Waals surface area contributed by atoms with E-state index in [0.29, 0.717) is 0 Å². The highest BCUT2D eigenvalue weighted by Crippen LogP contribution is 2.39. The van der Waals surface area contributed by atoms with Crippen LogP contribution in [0.2, 0.25) is 0 Å². The maximum absolute atomic E-state index is 6.15. The second-order valence-corrected chi connectivity index (χ2v) is 4.19. The van der Waals surface area contributed by atoms with Gasteiger partial charge in [-0.2, -0.15) is 0 Å². The first-order valence-electron chi connectivity index (χ1n) is 5.17. The largest absolute Gasteiger partial charge is 0.361 e. The minimum Gasteiger partial charge on any atom is -0.361 e. The lowest BCUT2D eigenvalue weighted by Gasteiger charge is -2.10. The Labute approximate surface area is 83.1 Å². The van der Waals surface area contributed by atoms with Crippen molar-refractivity contribution in [1.82, 2.24) is 4.98 Å². The zero-order chi connectivity index (χ0) is 9.54. The van der Waals surface area contributed by atoms with E-state index < -0.39 is 0 Å². The van der Waals surface area contributed by atoms with Crippen LogP contribution in [-0.4, -0.2) is 4.98 Å². The van der Waals surface area contributed by atoms with E-state index in [4.69, 9.17) is 5.73 Å². The van der Waals surface area contributed by atoms with Crippen molar-refractivity contribution in [3.63, 3.8) is 0 Å². The van der Waals surface area contributed by atoms with Crippen molar-refractivity contribution in [3.8, 4) is 0 Å². The lowest BCUT2D eigenvalue weighted by Crippen LogP contribution is -2.11. The van der Waals surface area contributed by atoms with E-state index in [9.17, 15) is 0 Å². The molecule has 0 radical (unpaired) electrons. The number of nitrogens with two attached hydrogens (primary N) is 1. The second-order valence-electron chi connectivity index (χ2n) is 4.19. The summed E-state index contributed by atoms with van der Waals surface area (Å²) in [6.45, 7) is 0. The summed E-state index contributed by atoms with van der Waals surface area (Å²) in [5, 5.41) is 1.26. The quantitative estimate of drug-likeness (QED) is 0.743. The van der Waals surface area contributed by atoms with E-state index in [1.807, 2.05) is 6.20 Å². The second kappa shape index (κ2) is 2.85. The molecular formula is C12H14N2. The molecule has 1 fully saturated rings. The number of hydrogen-bond donors (Lipinski definition) is 2. The number of rotatable bonds is 2. The van der Waals surface area contributed by atoms with E-state index in [2.05, 4.69) is 29.2 Å². The number of aromatic nitrogens is 1. The molecule has 1 aliphatic rings. The zero-order valence-electron chi connectivity index (χ0n) is 8.03. The summed E-state index contributed by atoms with van der Waals surface area (Å²) < 4.78 is 0. The summed E-state index contributed by atoms with van der Waals surface area (Å²) in [5.74, 6) is 0.724. The molecule has 2 heteroatoms. The van der Waals surface area contributed by atoms with Crippen LogP contribution in [0, 0.1) is 5.92 Å². The fourth-order valence-corrected chi connectivity index (χ4v) is 2.00. The molecule has 0 spiro atoms. The molecule has 1 saturated carbocycles. The van der Waals surface area contributed by atoms with Gasteiger partial charge in [-0.05, 0) is 41.8 Å². The van der Waals surface area contributed by atoms with Gasteiger partial charge in [-0.25, -0.2) is 0 Å². The molecule has 1 aromatic carbocycles. The van der Waals surface area contributed by atoms with Crippen molar-refractivity contribution in [1.29, 1.82) is 0 Å². The van der Waals surface area contributed by atoms with Crippen molar-refractivity contribution in [2.45, 2.75) is 18.9 Å². The van der Waals surface area contributed by atoms with E-state index in [0.717, 1.165) is 5.92 Å². The third kappa shape index (κ3) is 1.23. The zero-order valence-corrected chi connectivity index (χ0v) is 8.03. The predicted molar refractivity (Wildman–Crippen MR) is 58.0 cm³/mol. The maximum atomic E-state index is 6.15. The van der Waals surface area contributed by atoms with Crippen molar-refractivity contribution in [3.05, 3.63) is 36.0 Å². The van der Waals surface area contributed by atoms with Gasteiger partial charge >= 0.3 is 0 Å². The summed E-state index contributed by atoms with van der Waals surface area (Å²) >= 11 is 0. The van der Waals surface area contributed by atoms with Crippen LogP contribution in [0.15, 0.2) is 30.5 Å². The fraction of sp³-hybridized carbons (Fsp3) is 0.333. The molecule has 14 heavy (non-hydrogen) atoms. The number of nitrogens with one attached hydrogen (secondary N) is 1. The smallest absolute Gasteiger partial charge is 0.0457 e. The first-order chi connectivity index (χ1) is 6.84. The molecule has 2 nitrogen and oxygen atoms in total. The van der Waals surface area contributed by atoms with Crippen LogP contribution < -0.4 is 5.73 Å². The van der Waals surface area contributed by atoms with Gasteiger partial charge in [0.2, 0.25) is 0 Å². The minimum atomic E-state index is 0.239. The van der Waals surface area contributed by atoms with Gasteiger partial charge in [0.25, 0.3) is 0 Å². The Hall–Kier alpha value is -1.28. The third-order valence-electron chi connectivity index (χ3n) is 3.09. The van der Waals surface area contributed by atoms with Crippen molar-refractivity contribution in [2.75, 3.05) is 0 Å². The summed E-state index contributed by atoms with van der Waals surface area (Å²) in [7, 11) is 0. The van der Waals surface area contributed by atoms with Gasteiger partial charge in [0.1, 0.15) is 0 Å². The number of aromatic amines is 1. The van der Waals surface area contributed by atoms with Crippen LogP contribution in [0.4, 0.5) is 0 Å². The topological polar surface area (TPSA) is 41.8 Å². The van der Waals surface area contributed by atoms with Crippen molar-refractivity contribution < 1.29 is 0 Å². The molecule has 72 valence electrons. The van der Waals surface area contributed by atoms with Crippen LogP contribution in [0.3, 0.4) is 0 Å². The lowest BCUT2D eigenvalue weighted by atomic mass is 10.0. The fourth-order valence-electron chi connectivity index (χ4n) is 2.00. The Balaban J connectivity index is 2.03. The highest BCUT2D eigenvalue weighted by atomic mass is 14.7. The molecule has 0 unspecified atom stereocenters. The van der Waals surface area contributed by atoms with Gasteiger partial charge in [0.05, 0.1) is 0 Å². The molecule has 0 bridgehead atoms. The van der Waals surface area contributed by atoms with Gasteiger partial charge in [0.15, 0.2) is 0 Å². The predicted octanol–water partition coefficient (Wildman–Crippen LogP) is 2.58. The number of fused-ring (bicyclic) bond motifs is 1. The van der Waals surface area contributed by atoms with E-state index in [1.54, 1.807) is 0 Å².